The fraction of sp³-hybridized carbons (Fsp3) is 0.733. The first-order chi connectivity index (χ1) is 8.77. The van der Waals surface area contributed by atoms with Crippen LogP contribution in [-0.2, 0) is 12.8 Å². The maximum absolute atomic E-state index is 4.40. The Labute approximate surface area is 110 Å². The highest BCUT2D eigenvalue weighted by Crippen LogP contribution is 2.24. The van der Waals surface area contributed by atoms with Gasteiger partial charge in [-0.3, -0.25) is 0 Å². The van der Waals surface area contributed by atoms with Crippen LogP contribution < -0.4 is 5.32 Å². The highest BCUT2D eigenvalue weighted by atomic mass is 15.0. The first-order valence-electron chi connectivity index (χ1n) is 7.34. The topological polar surface area (TPSA) is 37.8 Å². The van der Waals surface area contributed by atoms with Crippen LogP contribution in [-0.4, -0.2) is 16.5 Å². The van der Waals surface area contributed by atoms with Crippen LogP contribution in [0.4, 0.5) is 5.82 Å². The zero-order valence-electron chi connectivity index (χ0n) is 11.7. The van der Waals surface area contributed by atoms with E-state index < -0.39 is 0 Å². The Balaban J connectivity index is 1.82. The summed E-state index contributed by atoms with van der Waals surface area (Å²) in [6.45, 7) is 5.61. The summed E-state index contributed by atoms with van der Waals surface area (Å²) in [6, 6.07) is 0. The summed E-state index contributed by atoms with van der Waals surface area (Å²) in [7, 11) is 0. The molecule has 0 amide bonds. The lowest BCUT2D eigenvalue weighted by atomic mass is 9.96. The minimum atomic E-state index is 0.816. The lowest BCUT2D eigenvalue weighted by Crippen LogP contribution is -2.12. The molecule has 3 heteroatoms. The quantitative estimate of drug-likeness (QED) is 0.781. The molecule has 3 nitrogen and oxygen atoms in total. The number of aryl methyl sites for hydroxylation is 1. The van der Waals surface area contributed by atoms with Gasteiger partial charge in [0.05, 0.1) is 0 Å². The zero-order chi connectivity index (χ0) is 12.8. The molecule has 1 aliphatic carbocycles. The number of aromatic nitrogens is 2. The van der Waals surface area contributed by atoms with Gasteiger partial charge in [0, 0.05) is 17.8 Å². The molecule has 0 radical (unpaired) electrons. The second-order valence-corrected chi connectivity index (χ2v) is 5.67. The molecule has 1 aliphatic rings. The van der Waals surface area contributed by atoms with Crippen LogP contribution >= 0.6 is 0 Å². The fourth-order valence-electron chi connectivity index (χ4n) is 2.56. The van der Waals surface area contributed by atoms with E-state index in [9.17, 15) is 0 Å². The first-order valence-corrected chi connectivity index (χ1v) is 7.34. The third-order valence-corrected chi connectivity index (χ3v) is 3.63. The monoisotopic (exact) mass is 247 g/mol. The summed E-state index contributed by atoms with van der Waals surface area (Å²) in [4.78, 5) is 8.80. The predicted octanol–water partition coefficient (Wildman–Crippen LogP) is 3.59. The third kappa shape index (κ3) is 3.69. The predicted molar refractivity (Wildman–Crippen MR) is 75.9 cm³/mol. The number of nitrogens with one attached hydrogen (secondary N) is 1. The van der Waals surface area contributed by atoms with E-state index in [4.69, 9.17) is 0 Å². The number of fused-ring (bicyclic) bond motifs is 1. The van der Waals surface area contributed by atoms with Gasteiger partial charge in [-0.2, -0.15) is 0 Å². The lowest BCUT2D eigenvalue weighted by Gasteiger charge is -2.18. The molecule has 0 unspecified atom stereocenters. The Morgan fingerprint density at radius 1 is 1.17 bits per heavy atom. The molecular formula is C15H25N3. The third-order valence-electron chi connectivity index (χ3n) is 3.63. The summed E-state index contributed by atoms with van der Waals surface area (Å²) in [5.41, 5.74) is 2.63. The van der Waals surface area contributed by atoms with Crippen LogP contribution in [0, 0.1) is 5.92 Å². The maximum Gasteiger partial charge on any atom is 0.132 e. The summed E-state index contributed by atoms with van der Waals surface area (Å²) in [5, 5.41) is 3.50. The number of nitrogens with zero attached hydrogens (tertiary/aromatic N) is 2. The van der Waals surface area contributed by atoms with Gasteiger partial charge < -0.3 is 5.32 Å². The molecule has 1 heterocycles. The van der Waals surface area contributed by atoms with Crippen molar-refractivity contribution < 1.29 is 0 Å². The molecule has 0 saturated heterocycles. The Bertz CT molecular complexity index is 374. The molecule has 2 rings (SSSR count). The van der Waals surface area contributed by atoms with Gasteiger partial charge >= 0.3 is 0 Å². The van der Waals surface area contributed by atoms with Gasteiger partial charge in [-0.25, -0.2) is 9.97 Å². The number of anilines is 1. The normalized spacial score (nSPS) is 14.6. The van der Waals surface area contributed by atoms with Gasteiger partial charge in [-0.15, -0.1) is 0 Å². The van der Waals surface area contributed by atoms with E-state index in [2.05, 4.69) is 29.1 Å². The van der Waals surface area contributed by atoms with Crippen molar-refractivity contribution in [1.29, 1.82) is 0 Å². The maximum atomic E-state index is 4.40. The molecule has 1 aromatic heterocycles. The molecule has 100 valence electrons. The second kappa shape index (κ2) is 6.72. The van der Waals surface area contributed by atoms with Gasteiger partial charge in [-0.1, -0.05) is 26.7 Å². The molecule has 1 N–H and O–H groups in total. The average molecular weight is 247 g/mol. The van der Waals surface area contributed by atoms with Gasteiger partial charge in [-0.05, 0) is 38.0 Å². The van der Waals surface area contributed by atoms with Crippen LogP contribution in [0.2, 0.25) is 0 Å². The van der Waals surface area contributed by atoms with Gasteiger partial charge in [0.25, 0.3) is 0 Å². The summed E-state index contributed by atoms with van der Waals surface area (Å²) in [5.74, 6) is 1.90. The van der Waals surface area contributed by atoms with Gasteiger partial charge in [0.1, 0.15) is 12.1 Å². The van der Waals surface area contributed by atoms with Crippen LogP contribution in [0.15, 0.2) is 6.33 Å². The number of hydrogen-bond acceptors (Lipinski definition) is 3. The summed E-state index contributed by atoms with van der Waals surface area (Å²) < 4.78 is 0. The van der Waals surface area contributed by atoms with E-state index in [1.165, 1.54) is 43.4 Å². The van der Waals surface area contributed by atoms with E-state index in [0.717, 1.165) is 31.1 Å². The molecular weight excluding hydrogens is 222 g/mol. The molecule has 0 atom stereocenters. The molecule has 0 fully saturated rings. The van der Waals surface area contributed by atoms with Crippen LogP contribution in [0.5, 0.6) is 0 Å². The van der Waals surface area contributed by atoms with E-state index in [1.54, 1.807) is 6.33 Å². The Morgan fingerprint density at radius 2 is 2.00 bits per heavy atom. The van der Waals surface area contributed by atoms with E-state index in [-0.39, 0.29) is 0 Å². The molecule has 0 aromatic carbocycles. The minimum Gasteiger partial charge on any atom is -0.370 e. The van der Waals surface area contributed by atoms with Crippen LogP contribution in [0.25, 0.3) is 0 Å². The second-order valence-electron chi connectivity index (χ2n) is 5.67. The average Bonchev–Trinajstić information content (AvgIpc) is 2.38. The molecule has 1 aromatic rings. The van der Waals surface area contributed by atoms with Gasteiger partial charge in [0.15, 0.2) is 0 Å². The molecule has 0 spiro atoms. The van der Waals surface area contributed by atoms with Crippen LogP contribution in [0.1, 0.15) is 57.2 Å². The number of hydrogen-bond donors (Lipinski definition) is 1. The SMILES string of the molecule is CC(C)CCCCNc1ncnc2c1CCCC2. The van der Waals surface area contributed by atoms with E-state index in [0.29, 0.717) is 0 Å². The highest BCUT2D eigenvalue weighted by Gasteiger charge is 2.14. The highest BCUT2D eigenvalue weighted by molar-refractivity contribution is 5.46. The molecule has 0 aliphatic heterocycles. The first kappa shape index (κ1) is 13.3. The van der Waals surface area contributed by atoms with Crippen molar-refractivity contribution >= 4 is 5.82 Å². The Hall–Kier alpha value is -1.12. The van der Waals surface area contributed by atoms with E-state index in [1.807, 2.05) is 0 Å². The van der Waals surface area contributed by atoms with Crippen molar-refractivity contribution in [2.45, 2.75) is 58.8 Å². The van der Waals surface area contributed by atoms with Crippen molar-refractivity contribution in [3.05, 3.63) is 17.6 Å². The standard InChI is InChI=1S/C15H25N3/c1-12(2)7-5-6-10-16-15-13-8-3-4-9-14(13)17-11-18-15/h11-12H,3-10H2,1-2H3,(H,16,17,18). The largest absolute Gasteiger partial charge is 0.370 e. The smallest absolute Gasteiger partial charge is 0.132 e. The van der Waals surface area contributed by atoms with Crippen molar-refractivity contribution in [2.75, 3.05) is 11.9 Å². The van der Waals surface area contributed by atoms with Crippen LogP contribution in [0.3, 0.4) is 0 Å². The Morgan fingerprint density at radius 3 is 2.83 bits per heavy atom. The lowest BCUT2D eigenvalue weighted by molar-refractivity contribution is 0.544. The fourth-order valence-corrected chi connectivity index (χ4v) is 2.56. The molecule has 18 heavy (non-hydrogen) atoms. The summed E-state index contributed by atoms with van der Waals surface area (Å²) >= 11 is 0. The van der Waals surface area contributed by atoms with E-state index >= 15 is 0 Å². The van der Waals surface area contributed by atoms with Crippen molar-refractivity contribution in [1.82, 2.24) is 9.97 Å². The number of rotatable bonds is 6. The zero-order valence-corrected chi connectivity index (χ0v) is 11.7. The number of unbranched alkanes of at least 4 members (excludes halogenated alkanes) is 1. The summed E-state index contributed by atoms with van der Waals surface area (Å²) in [6.07, 6.45) is 10.4. The van der Waals surface area contributed by atoms with Crippen molar-refractivity contribution in [3.63, 3.8) is 0 Å². The van der Waals surface area contributed by atoms with Crippen molar-refractivity contribution in [2.24, 2.45) is 5.92 Å². The Kier molecular flexibility index (Phi) is 4.97. The van der Waals surface area contributed by atoms with Crippen molar-refractivity contribution in [3.8, 4) is 0 Å². The molecule has 0 saturated carbocycles. The molecule has 0 bridgehead atoms. The van der Waals surface area contributed by atoms with Gasteiger partial charge in [0.2, 0.25) is 0 Å². The minimum absolute atomic E-state index is 0.816.